The van der Waals surface area contributed by atoms with Gasteiger partial charge in [-0.05, 0) is 60.7 Å². The second-order valence-corrected chi connectivity index (χ2v) is 8.90. The van der Waals surface area contributed by atoms with Gasteiger partial charge in [-0.2, -0.15) is 0 Å². The third-order valence-electron chi connectivity index (χ3n) is 5.21. The standard InChI is InChI=1S/C28H16Cl3NO3/c29-18-7-13-26-23(14-18)25(16-27(35-26)17-4-2-1-3-5-17)32-20-8-10-21(11-9-20)34-28(33)22-12-6-19(30)15-24(22)31/h1-16H. The maximum Gasteiger partial charge on any atom is 0.345 e. The van der Waals surface area contributed by atoms with Crippen molar-refractivity contribution in [1.29, 1.82) is 0 Å². The van der Waals surface area contributed by atoms with Gasteiger partial charge < -0.3 is 9.15 Å². The van der Waals surface area contributed by atoms with Crippen LogP contribution in [0.1, 0.15) is 10.4 Å². The molecule has 5 rings (SSSR count). The van der Waals surface area contributed by atoms with E-state index in [1.54, 1.807) is 36.4 Å². The van der Waals surface area contributed by atoms with Gasteiger partial charge in [-0.3, -0.25) is 0 Å². The number of fused-ring (bicyclic) bond motifs is 1. The van der Waals surface area contributed by atoms with Crippen molar-refractivity contribution in [2.24, 2.45) is 4.99 Å². The van der Waals surface area contributed by atoms with Gasteiger partial charge in [0.15, 0.2) is 0 Å². The number of nitrogens with zero attached hydrogens (tertiary/aromatic N) is 1. The Kier molecular flexibility index (Phi) is 6.60. The number of esters is 1. The number of hydrogen-bond acceptors (Lipinski definition) is 4. The molecule has 5 aromatic rings. The van der Waals surface area contributed by atoms with Crippen LogP contribution in [0.2, 0.25) is 15.1 Å². The molecule has 0 bridgehead atoms. The largest absolute Gasteiger partial charge is 0.456 e. The van der Waals surface area contributed by atoms with E-state index in [0.29, 0.717) is 38.2 Å². The molecule has 0 aliphatic heterocycles. The fraction of sp³-hybridized carbons (Fsp3) is 0. The highest BCUT2D eigenvalue weighted by molar-refractivity contribution is 6.36. The van der Waals surface area contributed by atoms with Crippen LogP contribution < -0.4 is 10.1 Å². The SMILES string of the molecule is O=C(Oc1ccc(N=c2cc(-c3ccccc3)oc3ccc(Cl)cc23)cc1)c1ccc(Cl)cc1Cl. The summed E-state index contributed by atoms with van der Waals surface area (Å²) in [5.41, 5.74) is 2.50. The topological polar surface area (TPSA) is 51.8 Å². The Morgan fingerprint density at radius 1 is 0.771 bits per heavy atom. The Hall–Kier alpha value is -3.57. The molecule has 0 aliphatic carbocycles. The summed E-state index contributed by atoms with van der Waals surface area (Å²) in [4.78, 5) is 17.3. The van der Waals surface area contributed by atoms with Crippen LogP contribution in [0.5, 0.6) is 5.75 Å². The van der Waals surface area contributed by atoms with Crippen LogP contribution in [-0.2, 0) is 0 Å². The van der Waals surface area contributed by atoms with E-state index >= 15 is 0 Å². The first kappa shape index (κ1) is 23.2. The van der Waals surface area contributed by atoms with Crippen molar-refractivity contribution in [2.45, 2.75) is 0 Å². The van der Waals surface area contributed by atoms with Gasteiger partial charge >= 0.3 is 5.97 Å². The third kappa shape index (κ3) is 5.25. The van der Waals surface area contributed by atoms with Gasteiger partial charge in [-0.25, -0.2) is 9.79 Å². The number of rotatable bonds is 4. The summed E-state index contributed by atoms with van der Waals surface area (Å²) in [6.07, 6.45) is 0. The molecule has 4 nitrogen and oxygen atoms in total. The van der Waals surface area contributed by atoms with Crippen LogP contribution in [0.3, 0.4) is 0 Å². The van der Waals surface area contributed by atoms with Crippen molar-refractivity contribution in [1.82, 2.24) is 0 Å². The van der Waals surface area contributed by atoms with Gasteiger partial charge in [0.2, 0.25) is 0 Å². The zero-order valence-corrected chi connectivity index (χ0v) is 20.3. The monoisotopic (exact) mass is 519 g/mol. The first-order chi connectivity index (χ1) is 17.0. The Balaban J connectivity index is 1.49. The molecule has 0 saturated carbocycles. The van der Waals surface area contributed by atoms with Crippen molar-refractivity contribution in [3.05, 3.63) is 123 Å². The van der Waals surface area contributed by atoms with E-state index < -0.39 is 5.97 Å². The average molecular weight is 521 g/mol. The van der Waals surface area contributed by atoms with Crippen molar-refractivity contribution >= 4 is 57.4 Å². The molecular weight excluding hydrogens is 505 g/mol. The molecule has 4 aromatic carbocycles. The van der Waals surface area contributed by atoms with E-state index in [1.165, 1.54) is 12.1 Å². The highest BCUT2D eigenvalue weighted by Gasteiger charge is 2.13. The molecule has 1 aromatic heterocycles. The molecule has 0 N–H and O–H groups in total. The Labute approximate surface area is 216 Å². The first-order valence-corrected chi connectivity index (χ1v) is 11.7. The summed E-state index contributed by atoms with van der Waals surface area (Å²) in [6.45, 7) is 0. The van der Waals surface area contributed by atoms with E-state index in [1.807, 2.05) is 48.5 Å². The molecule has 0 atom stereocenters. The summed E-state index contributed by atoms with van der Waals surface area (Å²) in [7, 11) is 0. The molecule has 172 valence electrons. The maximum absolute atomic E-state index is 12.5. The molecule has 0 fully saturated rings. The van der Waals surface area contributed by atoms with Gasteiger partial charge in [0.1, 0.15) is 17.1 Å². The number of halogens is 3. The summed E-state index contributed by atoms with van der Waals surface area (Å²) >= 11 is 18.2. The minimum absolute atomic E-state index is 0.225. The first-order valence-electron chi connectivity index (χ1n) is 10.6. The molecule has 0 unspecified atom stereocenters. The number of hydrogen-bond donors (Lipinski definition) is 0. The summed E-state index contributed by atoms with van der Waals surface area (Å²) in [5, 5.41) is 2.73. The lowest BCUT2D eigenvalue weighted by atomic mass is 10.1. The highest BCUT2D eigenvalue weighted by atomic mass is 35.5. The minimum Gasteiger partial charge on any atom is -0.456 e. The zero-order chi connectivity index (χ0) is 24.4. The van der Waals surface area contributed by atoms with Crippen molar-refractivity contribution in [3.8, 4) is 17.1 Å². The molecule has 0 radical (unpaired) electrons. The Morgan fingerprint density at radius 2 is 1.49 bits per heavy atom. The highest BCUT2D eigenvalue weighted by Crippen LogP contribution is 2.26. The van der Waals surface area contributed by atoms with E-state index in [9.17, 15) is 4.79 Å². The molecule has 0 spiro atoms. The number of carbonyl (C=O) groups excluding carboxylic acids is 1. The van der Waals surface area contributed by atoms with Gasteiger partial charge in [0, 0.05) is 27.1 Å². The molecule has 7 heteroatoms. The molecule has 1 heterocycles. The second-order valence-electron chi connectivity index (χ2n) is 7.62. The van der Waals surface area contributed by atoms with Gasteiger partial charge in [0.25, 0.3) is 0 Å². The zero-order valence-electron chi connectivity index (χ0n) is 18.0. The molecular formula is C28H16Cl3NO3. The fourth-order valence-electron chi connectivity index (χ4n) is 3.52. The van der Waals surface area contributed by atoms with Crippen molar-refractivity contribution in [2.75, 3.05) is 0 Å². The maximum atomic E-state index is 12.5. The molecule has 0 saturated heterocycles. The molecule has 35 heavy (non-hydrogen) atoms. The Bertz CT molecular complexity index is 1610. The van der Waals surface area contributed by atoms with E-state index in [-0.39, 0.29) is 10.6 Å². The lowest BCUT2D eigenvalue weighted by Crippen LogP contribution is -2.09. The van der Waals surface area contributed by atoms with Crippen LogP contribution in [0.15, 0.2) is 106 Å². The smallest absolute Gasteiger partial charge is 0.345 e. The van der Waals surface area contributed by atoms with Crippen LogP contribution in [-0.4, -0.2) is 5.97 Å². The van der Waals surface area contributed by atoms with Crippen molar-refractivity contribution in [3.63, 3.8) is 0 Å². The van der Waals surface area contributed by atoms with Crippen LogP contribution in [0.4, 0.5) is 5.69 Å². The van der Waals surface area contributed by atoms with Gasteiger partial charge in [-0.15, -0.1) is 0 Å². The number of carbonyl (C=O) groups is 1. The lowest BCUT2D eigenvalue weighted by Gasteiger charge is -2.07. The molecule has 0 amide bonds. The Morgan fingerprint density at radius 3 is 2.23 bits per heavy atom. The summed E-state index contributed by atoms with van der Waals surface area (Å²) < 4.78 is 11.6. The minimum atomic E-state index is -0.575. The second kappa shape index (κ2) is 9.96. The number of benzene rings is 4. The molecule has 0 aliphatic rings. The van der Waals surface area contributed by atoms with Crippen LogP contribution >= 0.6 is 34.8 Å². The summed E-state index contributed by atoms with van der Waals surface area (Å²) in [6, 6.07) is 28.6. The van der Waals surface area contributed by atoms with E-state index in [4.69, 9.17) is 48.9 Å². The quantitative estimate of drug-likeness (QED) is 0.176. The van der Waals surface area contributed by atoms with Crippen LogP contribution in [0.25, 0.3) is 22.3 Å². The normalized spacial score (nSPS) is 11.6. The van der Waals surface area contributed by atoms with Gasteiger partial charge in [-0.1, -0.05) is 65.1 Å². The predicted octanol–water partition coefficient (Wildman–Crippen LogP) is 8.51. The van der Waals surface area contributed by atoms with E-state index in [2.05, 4.69) is 0 Å². The number of ether oxygens (including phenoxy) is 1. The summed E-state index contributed by atoms with van der Waals surface area (Å²) in [5.74, 6) is 0.472. The van der Waals surface area contributed by atoms with Gasteiger partial charge in [0.05, 0.1) is 21.6 Å². The fourth-order valence-corrected chi connectivity index (χ4v) is 4.18. The van der Waals surface area contributed by atoms with Crippen LogP contribution in [0, 0.1) is 0 Å². The van der Waals surface area contributed by atoms with Crippen molar-refractivity contribution < 1.29 is 13.9 Å². The third-order valence-corrected chi connectivity index (χ3v) is 5.99. The predicted molar refractivity (Wildman–Crippen MR) is 140 cm³/mol. The lowest BCUT2D eigenvalue weighted by molar-refractivity contribution is 0.0735. The van der Waals surface area contributed by atoms with E-state index in [0.717, 1.165) is 10.9 Å². The average Bonchev–Trinajstić information content (AvgIpc) is 2.86.